The molecule has 0 unspecified atom stereocenters. The highest BCUT2D eigenvalue weighted by Gasteiger charge is 2.39. The standard InChI is InChI=1S/C22H18ClF3N6O2S.CO2/c1-22(10-34-21(33)30-22)9-15-16(14-4-6-32(31-14)20(25)26)17(12-3-2-11(24)8-13(12)23)29-18(28-15)19-27-5-7-35-19;2-1-3/h2-8,17,20H,9-10H2,1H3,(H,28,29)(H,30,33);/t17-,22+;/m0./s1. The molecule has 2 aromatic heterocycles. The lowest BCUT2D eigenvalue weighted by Crippen LogP contribution is -2.43. The summed E-state index contributed by atoms with van der Waals surface area (Å²) in [5.74, 6) is -0.103. The van der Waals surface area contributed by atoms with Crippen LogP contribution in [-0.2, 0) is 14.3 Å². The summed E-state index contributed by atoms with van der Waals surface area (Å²) in [6.45, 7) is -0.940. The van der Waals surface area contributed by atoms with Crippen molar-refractivity contribution in [2.45, 2.75) is 31.5 Å². The van der Waals surface area contributed by atoms with Crippen molar-refractivity contribution in [2.75, 3.05) is 6.61 Å². The van der Waals surface area contributed by atoms with Crippen LogP contribution in [0.2, 0.25) is 5.02 Å². The van der Waals surface area contributed by atoms with Crippen LogP contribution in [0.25, 0.3) is 5.57 Å². The Labute approximate surface area is 222 Å². The van der Waals surface area contributed by atoms with E-state index in [1.54, 1.807) is 18.5 Å². The van der Waals surface area contributed by atoms with Crippen LogP contribution in [0.5, 0.6) is 0 Å². The number of ether oxygens (including phenoxy) is 1. The Bertz CT molecular complexity index is 1440. The number of thiazole rings is 1. The third-order valence-electron chi connectivity index (χ3n) is 5.59. The number of halogens is 4. The topological polar surface area (TPSA) is 128 Å². The van der Waals surface area contributed by atoms with Crippen molar-refractivity contribution < 1.29 is 32.3 Å². The number of rotatable bonds is 6. The highest BCUT2D eigenvalue weighted by Crippen LogP contribution is 2.42. The lowest BCUT2D eigenvalue weighted by Gasteiger charge is -2.31. The highest BCUT2D eigenvalue weighted by molar-refractivity contribution is 7.11. The normalized spacial score (nSPS) is 20.6. The quantitative estimate of drug-likeness (QED) is 0.454. The second-order valence-electron chi connectivity index (χ2n) is 8.38. The summed E-state index contributed by atoms with van der Waals surface area (Å²) >= 11 is 7.77. The molecule has 15 heteroatoms. The zero-order chi connectivity index (χ0) is 27.4. The first kappa shape index (κ1) is 27.0. The molecule has 2 aliphatic heterocycles. The van der Waals surface area contributed by atoms with E-state index in [-0.39, 0.29) is 29.9 Å². The number of alkyl carbamates (subject to hydrolysis) is 1. The molecule has 0 saturated carbocycles. The number of nitrogens with zero attached hydrogens (tertiary/aromatic N) is 4. The minimum atomic E-state index is -2.84. The molecule has 3 aromatic rings. The molecule has 0 aliphatic carbocycles. The van der Waals surface area contributed by atoms with E-state index in [0.29, 0.717) is 32.4 Å². The van der Waals surface area contributed by atoms with Crippen LogP contribution < -0.4 is 10.6 Å². The fourth-order valence-corrected chi connectivity index (χ4v) is 4.91. The first-order valence-electron chi connectivity index (χ1n) is 10.8. The summed E-state index contributed by atoms with van der Waals surface area (Å²) in [7, 11) is 0. The van der Waals surface area contributed by atoms with Crippen molar-refractivity contribution in [3.63, 3.8) is 0 Å². The monoisotopic (exact) mass is 566 g/mol. The van der Waals surface area contributed by atoms with Gasteiger partial charge >= 0.3 is 18.8 Å². The van der Waals surface area contributed by atoms with Gasteiger partial charge in [-0.05, 0) is 25.1 Å². The molecule has 1 amide bonds. The van der Waals surface area contributed by atoms with Crippen LogP contribution >= 0.6 is 22.9 Å². The van der Waals surface area contributed by atoms with E-state index < -0.39 is 30.0 Å². The SMILES string of the molecule is C[C@@]1(CC2=C(c3ccn(C(F)F)n3)[C@H](c3ccc(F)cc3Cl)N=C(c3nccs3)N2)COC(=O)N1.O=C=O. The number of hydrogen-bond acceptors (Lipinski definition) is 9. The number of amides is 1. The molecule has 1 aromatic carbocycles. The Morgan fingerprint density at radius 2 is 2.11 bits per heavy atom. The second kappa shape index (κ2) is 11.2. The fourth-order valence-electron chi connectivity index (χ4n) is 4.05. The Balaban J connectivity index is 0.00000107. The zero-order valence-corrected chi connectivity index (χ0v) is 21.0. The second-order valence-corrected chi connectivity index (χ2v) is 9.68. The van der Waals surface area contributed by atoms with Crippen LogP contribution in [0.1, 0.15) is 42.2 Å². The summed E-state index contributed by atoms with van der Waals surface area (Å²) in [6, 6.07) is 4.55. The maximum atomic E-state index is 13.9. The van der Waals surface area contributed by atoms with Gasteiger partial charge < -0.3 is 15.4 Å². The van der Waals surface area contributed by atoms with Crippen molar-refractivity contribution in [1.82, 2.24) is 25.4 Å². The Hall–Kier alpha value is -4.00. The number of aliphatic imine (C=N–C) groups is 1. The number of benzene rings is 1. The van der Waals surface area contributed by atoms with Crippen molar-refractivity contribution in [1.29, 1.82) is 0 Å². The van der Waals surface area contributed by atoms with Crippen LogP contribution in [0.4, 0.5) is 18.0 Å². The smallest absolute Gasteiger partial charge is 0.407 e. The summed E-state index contributed by atoms with van der Waals surface area (Å²) in [6.07, 6.45) is 2.71. The largest absolute Gasteiger partial charge is 0.447 e. The number of hydrogen-bond donors (Lipinski definition) is 2. The molecule has 1 fully saturated rings. The van der Waals surface area contributed by atoms with Crippen molar-refractivity contribution in [3.05, 3.63) is 74.8 Å². The van der Waals surface area contributed by atoms with Gasteiger partial charge in [-0.25, -0.2) is 18.9 Å². The van der Waals surface area contributed by atoms with E-state index in [0.717, 1.165) is 6.20 Å². The number of cyclic esters (lactones) is 1. The van der Waals surface area contributed by atoms with Crippen LogP contribution in [0.15, 0.2) is 52.7 Å². The summed E-state index contributed by atoms with van der Waals surface area (Å²) in [5.41, 5.74) is 0.913. The number of carbonyl (C=O) groups excluding carboxylic acids is 3. The number of nitrogens with one attached hydrogen (secondary N) is 2. The van der Waals surface area contributed by atoms with Crippen molar-refractivity contribution in [2.24, 2.45) is 4.99 Å². The predicted octanol–water partition coefficient (Wildman–Crippen LogP) is 4.33. The fraction of sp³-hybridized carbons (Fsp3) is 0.261. The van der Waals surface area contributed by atoms with Crippen molar-refractivity contribution >= 4 is 46.6 Å². The average molecular weight is 567 g/mol. The number of carbonyl (C=O) groups is 1. The van der Waals surface area contributed by atoms with E-state index in [1.165, 1.54) is 35.6 Å². The van der Waals surface area contributed by atoms with Gasteiger partial charge in [0.05, 0.1) is 11.2 Å². The molecule has 1 saturated heterocycles. The lowest BCUT2D eigenvalue weighted by atomic mass is 9.88. The van der Waals surface area contributed by atoms with E-state index >= 15 is 0 Å². The predicted molar refractivity (Wildman–Crippen MR) is 129 cm³/mol. The van der Waals surface area contributed by atoms with Gasteiger partial charge in [-0.1, -0.05) is 17.7 Å². The molecule has 2 atom stereocenters. The van der Waals surface area contributed by atoms with Gasteiger partial charge in [-0.2, -0.15) is 23.5 Å². The first-order valence-corrected chi connectivity index (χ1v) is 12.1. The molecule has 5 rings (SSSR count). The van der Waals surface area contributed by atoms with Gasteiger partial charge in [0.25, 0.3) is 0 Å². The molecular weight excluding hydrogens is 549 g/mol. The van der Waals surface area contributed by atoms with E-state index in [9.17, 15) is 18.0 Å². The summed E-state index contributed by atoms with van der Waals surface area (Å²) in [4.78, 5) is 37.2. The minimum Gasteiger partial charge on any atom is -0.447 e. The molecule has 198 valence electrons. The van der Waals surface area contributed by atoms with Gasteiger partial charge in [0.15, 0.2) is 10.8 Å². The number of amidine groups is 1. The first-order chi connectivity index (χ1) is 18.1. The summed E-state index contributed by atoms with van der Waals surface area (Å²) < 4.78 is 46.2. The molecule has 0 radical (unpaired) electrons. The number of alkyl halides is 2. The van der Waals surface area contributed by atoms with E-state index in [4.69, 9.17) is 30.9 Å². The van der Waals surface area contributed by atoms with E-state index in [2.05, 4.69) is 20.7 Å². The van der Waals surface area contributed by atoms with Gasteiger partial charge in [0.1, 0.15) is 18.5 Å². The third-order valence-corrected chi connectivity index (χ3v) is 6.70. The molecule has 2 N–H and O–H groups in total. The highest BCUT2D eigenvalue weighted by atomic mass is 35.5. The third kappa shape index (κ3) is 5.77. The minimum absolute atomic E-state index is 0.0987. The Morgan fingerprint density at radius 3 is 2.68 bits per heavy atom. The molecule has 0 bridgehead atoms. The molecule has 10 nitrogen and oxygen atoms in total. The maximum Gasteiger partial charge on any atom is 0.407 e. The van der Waals surface area contributed by atoms with E-state index in [1.807, 2.05) is 0 Å². The molecule has 38 heavy (non-hydrogen) atoms. The van der Waals surface area contributed by atoms with Gasteiger partial charge in [0.2, 0.25) is 0 Å². The van der Waals surface area contributed by atoms with Gasteiger partial charge in [0, 0.05) is 46.1 Å². The lowest BCUT2D eigenvalue weighted by molar-refractivity contribution is -0.191. The Morgan fingerprint density at radius 1 is 1.34 bits per heavy atom. The van der Waals surface area contributed by atoms with Crippen LogP contribution in [0, 0.1) is 5.82 Å². The molecule has 0 spiro atoms. The van der Waals surface area contributed by atoms with Gasteiger partial charge in [-0.15, -0.1) is 11.3 Å². The van der Waals surface area contributed by atoms with Crippen LogP contribution in [-0.4, -0.2) is 45.0 Å². The van der Waals surface area contributed by atoms with Crippen LogP contribution in [0.3, 0.4) is 0 Å². The summed E-state index contributed by atoms with van der Waals surface area (Å²) in [5, 5.41) is 12.6. The Kier molecular flexibility index (Phi) is 7.95. The molecule has 4 heterocycles. The van der Waals surface area contributed by atoms with Crippen molar-refractivity contribution in [3.8, 4) is 0 Å². The number of aromatic nitrogens is 3. The molecular formula is C23H18ClF3N6O4S. The average Bonchev–Trinajstić information content (AvgIpc) is 3.61. The maximum absolute atomic E-state index is 13.9. The van der Waals surface area contributed by atoms with Gasteiger partial charge in [-0.3, -0.25) is 4.99 Å². The zero-order valence-electron chi connectivity index (χ0n) is 19.5. The molecule has 2 aliphatic rings.